The molecule has 4 heteroatoms. The summed E-state index contributed by atoms with van der Waals surface area (Å²) in [6.45, 7) is 7.56. The molecule has 0 unspecified atom stereocenters. The summed E-state index contributed by atoms with van der Waals surface area (Å²) in [5.41, 5.74) is 12.7. The molecule has 0 aliphatic carbocycles. The van der Waals surface area contributed by atoms with Crippen LogP contribution in [-0.4, -0.2) is 52.3 Å². The van der Waals surface area contributed by atoms with E-state index in [9.17, 15) is 0 Å². The van der Waals surface area contributed by atoms with Gasteiger partial charge < -0.3 is 19.7 Å². The second-order valence-electron chi connectivity index (χ2n) is 13.5. The lowest BCUT2D eigenvalue weighted by atomic mass is 9.88. The Morgan fingerprint density at radius 3 is 1.09 bits per heavy atom. The Labute approximate surface area is 329 Å². The molecule has 0 atom stereocenters. The van der Waals surface area contributed by atoms with Crippen molar-refractivity contribution in [1.29, 1.82) is 0 Å². The van der Waals surface area contributed by atoms with Gasteiger partial charge in [0.05, 0.1) is 0 Å². The van der Waals surface area contributed by atoms with Crippen LogP contribution >= 0.6 is 0 Å². The summed E-state index contributed by atoms with van der Waals surface area (Å²) in [6, 6.07) is 59.6. The topological polar surface area (TPSA) is 33.7 Å². The highest BCUT2D eigenvalue weighted by molar-refractivity contribution is 5.99. The predicted octanol–water partition coefficient (Wildman–Crippen LogP) is 11.6. The molecule has 0 amide bonds. The van der Waals surface area contributed by atoms with Crippen molar-refractivity contribution in [2.24, 2.45) is 0 Å². The Bertz CT molecular complexity index is 2040. The van der Waals surface area contributed by atoms with E-state index in [2.05, 4.69) is 208 Å². The van der Waals surface area contributed by atoms with Crippen molar-refractivity contribution in [3.63, 3.8) is 0 Å². The summed E-state index contributed by atoms with van der Waals surface area (Å²) in [7, 11) is 6.04. The third kappa shape index (κ3) is 11.9. The highest BCUT2D eigenvalue weighted by atomic mass is 16.5. The summed E-state index contributed by atoms with van der Waals surface area (Å²) in [4.78, 5) is 2.12. The van der Waals surface area contributed by atoms with Crippen molar-refractivity contribution in [1.82, 2.24) is 10.2 Å². The second kappa shape index (κ2) is 21.9. The van der Waals surface area contributed by atoms with Gasteiger partial charge in [0.2, 0.25) is 0 Å². The highest BCUT2D eigenvalue weighted by Crippen LogP contribution is 2.36. The largest absolute Gasteiger partial charge is 0.492 e. The van der Waals surface area contributed by atoms with Gasteiger partial charge in [0, 0.05) is 13.1 Å². The zero-order chi connectivity index (χ0) is 38.7. The highest BCUT2D eigenvalue weighted by Gasteiger charge is 2.14. The van der Waals surface area contributed by atoms with Gasteiger partial charge in [-0.2, -0.15) is 0 Å². The zero-order valence-electron chi connectivity index (χ0n) is 33.2. The van der Waals surface area contributed by atoms with Crippen LogP contribution in [0.2, 0.25) is 0 Å². The molecule has 6 aromatic carbocycles. The lowest BCUT2D eigenvalue weighted by molar-refractivity contribution is 0.261. The number of hydrogen-bond donors (Lipinski definition) is 1. The average molecular weight is 729 g/mol. The minimum absolute atomic E-state index is 0.668. The minimum atomic E-state index is 0.668. The predicted molar refractivity (Wildman–Crippen MR) is 235 cm³/mol. The molecular formula is C51H56N2O2. The number of benzene rings is 6. The Hall–Kier alpha value is -5.68. The molecule has 0 saturated heterocycles. The van der Waals surface area contributed by atoms with Crippen LogP contribution in [0, 0.1) is 0 Å². The molecule has 0 fully saturated rings. The van der Waals surface area contributed by atoms with Gasteiger partial charge in [-0.1, -0.05) is 159 Å². The SMILES string of the molecule is CC/C(=C(\c1ccccc1)c1ccc(OCCN(C)C)cc1)c1ccccc1.CC/C(=C(\c1ccccc1)c1ccc(OCCNC)cc1)c1ccccc1. The van der Waals surface area contributed by atoms with E-state index in [4.69, 9.17) is 9.47 Å². The van der Waals surface area contributed by atoms with Crippen LogP contribution in [0.4, 0.5) is 0 Å². The first-order chi connectivity index (χ1) is 27.0. The number of nitrogens with one attached hydrogen (secondary N) is 1. The molecule has 0 spiro atoms. The molecule has 0 bridgehead atoms. The van der Waals surface area contributed by atoms with Gasteiger partial charge in [0.1, 0.15) is 24.7 Å². The van der Waals surface area contributed by atoms with Crippen LogP contribution in [0.15, 0.2) is 170 Å². The van der Waals surface area contributed by atoms with Gasteiger partial charge in [-0.25, -0.2) is 0 Å². The lowest BCUT2D eigenvalue weighted by Crippen LogP contribution is -2.19. The Morgan fingerprint density at radius 1 is 0.436 bits per heavy atom. The second-order valence-corrected chi connectivity index (χ2v) is 13.5. The third-order valence-electron chi connectivity index (χ3n) is 9.39. The van der Waals surface area contributed by atoms with Crippen molar-refractivity contribution in [3.05, 3.63) is 203 Å². The lowest BCUT2D eigenvalue weighted by Gasteiger charge is -2.17. The molecule has 4 nitrogen and oxygen atoms in total. The fraction of sp³-hybridized carbons (Fsp3) is 0.216. The number of nitrogens with zero attached hydrogens (tertiary/aromatic N) is 1. The summed E-state index contributed by atoms with van der Waals surface area (Å²) < 4.78 is 11.7. The van der Waals surface area contributed by atoms with Gasteiger partial charge in [0.15, 0.2) is 0 Å². The van der Waals surface area contributed by atoms with Crippen molar-refractivity contribution < 1.29 is 9.47 Å². The Morgan fingerprint density at radius 2 is 0.764 bits per heavy atom. The van der Waals surface area contributed by atoms with E-state index in [-0.39, 0.29) is 0 Å². The van der Waals surface area contributed by atoms with Gasteiger partial charge in [-0.05, 0) is 114 Å². The van der Waals surface area contributed by atoms with E-state index in [0.717, 1.165) is 37.4 Å². The van der Waals surface area contributed by atoms with E-state index in [1.54, 1.807) is 0 Å². The maximum Gasteiger partial charge on any atom is 0.119 e. The van der Waals surface area contributed by atoms with Crippen molar-refractivity contribution in [3.8, 4) is 11.5 Å². The van der Waals surface area contributed by atoms with Gasteiger partial charge in [0.25, 0.3) is 0 Å². The summed E-state index contributed by atoms with van der Waals surface area (Å²) in [5.74, 6) is 1.81. The van der Waals surface area contributed by atoms with E-state index in [0.29, 0.717) is 13.2 Å². The number of hydrogen-bond acceptors (Lipinski definition) is 4. The number of rotatable bonds is 16. The fourth-order valence-corrected chi connectivity index (χ4v) is 6.62. The van der Waals surface area contributed by atoms with Gasteiger partial charge in [-0.3, -0.25) is 0 Å². The molecular weight excluding hydrogens is 673 g/mol. The van der Waals surface area contributed by atoms with E-state index in [1.807, 2.05) is 7.05 Å². The van der Waals surface area contributed by atoms with Crippen LogP contribution < -0.4 is 14.8 Å². The number of ether oxygens (including phenoxy) is 2. The fourth-order valence-electron chi connectivity index (χ4n) is 6.62. The van der Waals surface area contributed by atoms with Gasteiger partial charge >= 0.3 is 0 Å². The van der Waals surface area contributed by atoms with Crippen molar-refractivity contribution in [2.45, 2.75) is 26.7 Å². The number of likely N-dealkylation sites (N-methyl/N-ethyl adjacent to an activating group) is 2. The first-order valence-corrected chi connectivity index (χ1v) is 19.5. The molecule has 0 saturated carbocycles. The van der Waals surface area contributed by atoms with Crippen LogP contribution in [0.5, 0.6) is 11.5 Å². The third-order valence-corrected chi connectivity index (χ3v) is 9.39. The first-order valence-electron chi connectivity index (χ1n) is 19.5. The van der Waals surface area contributed by atoms with Gasteiger partial charge in [-0.15, -0.1) is 0 Å². The maximum atomic E-state index is 5.87. The first kappa shape index (κ1) is 40.5. The standard InChI is InChI=1S/C26H29NO.C25H27NO/c1-4-25(21-11-7-5-8-12-21)26(22-13-9-6-10-14-22)23-15-17-24(18-16-23)28-20-19-27(2)3;1-3-24(20-10-6-4-7-11-20)25(21-12-8-5-9-13-21)22-14-16-23(17-15-22)27-19-18-26-2/h5-18H,4,19-20H2,1-3H3;4-17,26H,3,18-19H2,1-2H3/b26-25-;25-24-. The molecule has 0 aliphatic heterocycles. The van der Waals surface area contributed by atoms with E-state index in [1.165, 1.54) is 55.7 Å². The van der Waals surface area contributed by atoms with Crippen LogP contribution in [-0.2, 0) is 0 Å². The van der Waals surface area contributed by atoms with Crippen LogP contribution in [0.25, 0.3) is 22.3 Å². The molecule has 6 rings (SSSR count). The molecule has 0 radical (unpaired) electrons. The summed E-state index contributed by atoms with van der Waals surface area (Å²) >= 11 is 0. The van der Waals surface area contributed by atoms with Crippen LogP contribution in [0.3, 0.4) is 0 Å². The smallest absolute Gasteiger partial charge is 0.119 e. The summed E-state index contributed by atoms with van der Waals surface area (Å²) in [6.07, 6.45) is 1.93. The molecule has 0 aliphatic rings. The van der Waals surface area contributed by atoms with Crippen molar-refractivity contribution in [2.75, 3.05) is 47.4 Å². The molecule has 6 aromatic rings. The van der Waals surface area contributed by atoms with Crippen LogP contribution in [0.1, 0.15) is 60.1 Å². The Kier molecular flexibility index (Phi) is 16.1. The Balaban J connectivity index is 0.000000211. The maximum absolute atomic E-state index is 5.87. The normalized spacial score (nSPS) is 11.9. The van der Waals surface area contributed by atoms with Crippen molar-refractivity contribution >= 4 is 22.3 Å². The minimum Gasteiger partial charge on any atom is -0.492 e. The molecule has 0 aromatic heterocycles. The van der Waals surface area contributed by atoms with E-state index >= 15 is 0 Å². The molecule has 1 N–H and O–H groups in total. The quantitative estimate of drug-likeness (QED) is 0.0795. The van der Waals surface area contributed by atoms with E-state index < -0.39 is 0 Å². The zero-order valence-corrected chi connectivity index (χ0v) is 33.2. The summed E-state index contributed by atoms with van der Waals surface area (Å²) in [5, 5.41) is 3.10. The number of allylic oxidation sites excluding steroid dienone is 2. The average Bonchev–Trinajstić information content (AvgIpc) is 3.24. The molecule has 282 valence electrons. The monoisotopic (exact) mass is 728 g/mol. The molecule has 0 heterocycles. The molecule has 55 heavy (non-hydrogen) atoms.